The molecule has 0 aromatic heterocycles. The van der Waals surface area contributed by atoms with Crippen LogP contribution in [0.1, 0.15) is 174 Å². The summed E-state index contributed by atoms with van der Waals surface area (Å²) in [4.78, 5) is 36.3. The number of esters is 1. The summed E-state index contributed by atoms with van der Waals surface area (Å²) in [6, 6.07) is 0.328. The number of aliphatic hydroxyl groups is 1. The molecule has 12 nitrogen and oxygen atoms in total. The van der Waals surface area contributed by atoms with E-state index in [0.717, 1.165) is 95.9 Å². The average molecular weight is 801 g/mol. The number of nitrogens with zero attached hydrogens (tertiary/aromatic N) is 3. The predicted molar refractivity (Wildman–Crippen MR) is 226 cm³/mol. The minimum Gasteiger partial charge on any atom is -0.465 e. The number of nitrogens with two attached hydrogens (primary N) is 2. The van der Waals surface area contributed by atoms with Gasteiger partial charge in [0.1, 0.15) is 11.6 Å². The Hall–Kier alpha value is -2.25. The summed E-state index contributed by atoms with van der Waals surface area (Å²) >= 11 is 0. The van der Waals surface area contributed by atoms with Crippen molar-refractivity contribution in [3.63, 3.8) is 0 Å². The first-order valence-electron chi connectivity index (χ1n) is 23.4. The van der Waals surface area contributed by atoms with Gasteiger partial charge in [-0.25, -0.2) is 4.99 Å². The molecule has 5 rings (SSSR count). The highest BCUT2D eigenvalue weighted by molar-refractivity contribution is 5.87. The van der Waals surface area contributed by atoms with Crippen LogP contribution in [0.5, 0.6) is 0 Å². The number of carbonyl (C=O) groups excluding carboxylic acids is 2. The van der Waals surface area contributed by atoms with Crippen LogP contribution >= 0.6 is 0 Å². The fraction of sp³-hybridized carbons (Fsp3) is 0.889. The maximum Gasteiger partial charge on any atom is 0.316 e. The third-order valence-electron chi connectivity index (χ3n) is 13.2. The lowest BCUT2D eigenvalue weighted by molar-refractivity contribution is -0.194. The van der Waals surface area contributed by atoms with Crippen LogP contribution in [0.2, 0.25) is 0 Å². The van der Waals surface area contributed by atoms with Gasteiger partial charge in [0.25, 0.3) is 0 Å². The molecule has 3 fully saturated rings. The Morgan fingerprint density at radius 1 is 0.965 bits per heavy atom. The van der Waals surface area contributed by atoms with Crippen LogP contribution in [0, 0.1) is 5.92 Å². The van der Waals surface area contributed by atoms with Crippen molar-refractivity contribution in [2.24, 2.45) is 22.4 Å². The predicted octanol–water partition coefficient (Wildman–Crippen LogP) is 6.82. The Balaban J connectivity index is 0.943. The number of carbonyl (C=O) groups is 2. The number of ether oxygens (including phenoxy) is 3. The first kappa shape index (κ1) is 45.8. The summed E-state index contributed by atoms with van der Waals surface area (Å²) in [5.74, 6) is 0.440. The lowest BCUT2D eigenvalue weighted by Crippen LogP contribution is -2.71. The highest BCUT2D eigenvalue weighted by atomic mass is 16.6. The highest BCUT2D eigenvalue weighted by Gasteiger charge is 2.62. The second kappa shape index (κ2) is 23.5. The number of rotatable bonds is 25. The number of hydrogen-bond acceptors (Lipinski definition) is 11. The van der Waals surface area contributed by atoms with Gasteiger partial charge in [0.15, 0.2) is 11.7 Å². The summed E-state index contributed by atoms with van der Waals surface area (Å²) in [6.07, 6.45) is 29.4. The molecule has 0 bridgehead atoms. The second-order valence-corrected chi connectivity index (χ2v) is 17.9. The molecule has 3 saturated heterocycles. The molecular weight excluding hydrogens is 721 g/mol. The lowest BCUT2D eigenvalue weighted by Gasteiger charge is -2.55. The fourth-order valence-electron chi connectivity index (χ4n) is 10.2. The zero-order valence-electron chi connectivity index (χ0n) is 35.8. The van der Waals surface area contributed by atoms with Crippen LogP contribution < -0.4 is 16.8 Å². The van der Waals surface area contributed by atoms with Gasteiger partial charge in [-0.2, -0.15) is 0 Å². The molecule has 12 heteroatoms. The van der Waals surface area contributed by atoms with Gasteiger partial charge in [-0.15, -0.1) is 0 Å². The molecular formula is C45H80N6O6. The van der Waals surface area contributed by atoms with Crippen LogP contribution in [0.15, 0.2) is 17.1 Å². The van der Waals surface area contributed by atoms with Crippen molar-refractivity contribution in [2.45, 2.75) is 216 Å². The van der Waals surface area contributed by atoms with E-state index in [4.69, 9.17) is 30.7 Å². The van der Waals surface area contributed by atoms with E-state index in [0.29, 0.717) is 51.7 Å². The zero-order chi connectivity index (χ0) is 40.5. The van der Waals surface area contributed by atoms with Gasteiger partial charge in [-0.3, -0.25) is 9.59 Å². The van der Waals surface area contributed by atoms with Gasteiger partial charge in [0.05, 0.1) is 31.0 Å². The van der Waals surface area contributed by atoms with E-state index in [1.165, 1.54) is 57.8 Å². The SMILES string of the molecule is CCC1C=CCC[C@@]2(C[C@@H]3CC[C@@H]4[C@H](C(=O)OCCCCCCCCCCCCCCCC(=O)N(CCCN)C[C@@H](O)CCN)[C@]5(CCC[C@@H](C)O5)N=C(N2)N34)O1. The van der Waals surface area contributed by atoms with Crippen LogP contribution in [-0.4, -0.2) is 107 Å². The highest BCUT2D eigenvalue weighted by Crippen LogP contribution is 2.50. The molecule has 0 aliphatic carbocycles. The molecule has 0 aromatic rings. The van der Waals surface area contributed by atoms with E-state index in [1.807, 2.05) is 0 Å². The second-order valence-electron chi connectivity index (χ2n) is 17.9. The molecule has 0 aromatic carbocycles. The number of hydrogen-bond donors (Lipinski definition) is 4. The largest absolute Gasteiger partial charge is 0.465 e. The number of guanidine groups is 1. The van der Waals surface area contributed by atoms with E-state index in [-0.39, 0.29) is 30.1 Å². The topological polar surface area (TPSA) is 165 Å². The zero-order valence-corrected chi connectivity index (χ0v) is 35.8. The molecule has 8 atom stereocenters. The van der Waals surface area contributed by atoms with Crippen LogP contribution in [0.4, 0.5) is 0 Å². The summed E-state index contributed by atoms with van der Waals surface area (Å²) in [5, 5.41) is 13.9. The summed E-state index contributed by atoms with van der Waals surface area (Å²) in [5.41, 5.74) is 9.88. The molecule has 1 amide bonds. The normalized spacial score (nSPS) is 29.8. The maximum absolute atomic E-state index is 14.0. The lowest BCUT2D eigenvalue weighted by atomic mass is 9.80. The molecule has 5 aliphatic heterocycles. The first-order chi connectivity index (χ1) is 27.7. The Kier molecular flexibility index (Phi) is 18.9. The third kappa shape index (κ3) is 13.1. The standard InChI is InChI=1S/C45H80N6O6/c1-3-38-22-16-17-27-44(57-38)33-36-24-25-39-41(45(28-19-21-35(2)56-45)49-43(48-44)51(36)39)42(54)55-32-18-14-12-10-8-6-4-5-7-9-11-13-15-23-40(53)50(31-20-29-46)34-37(52)26-30-47/h16,22,35-39,41,52H,3-15,17-21,23-34,46-47H2,1-2H3,(H,48,49)/t35-,36+,37+,38?,39-,41-,44+,45-/m1/s1. The Morgan fingerprint density at radius 3 is 2.33 bits per heavy atom. The number of amides is 1. The van der Waals surface area contributed by atoms with Gasteiger partial charge < -0.3 is 45.9 Å². The maximum atomic E-state index is 14.0. The van der Waals surface area contributed by atoms with Gasteiger partial charge in [-0.1, -0.05) is 89.7 Å². The smallest absolute Gasteiger partial charge is 0.316 e. The van der Waals surface area contributed by atoms with E-state index < -0.39 is 23.5 Å². The summed E-state index contributed by atoms with van der Waals surface area (Å²) < 4.78 is 19.6. The quantitative estimate of drug-likeness (QED) is 0.0438. The average Bonchev–Trinajstić information content (AvgIpc) is 3.49. The Morgan fingerprint density at radius 2 is 1.67 bits per heavy atom. The van der Waals surface area contributed by atoms with Crippen LogP contribution in [0.25, 0.3) is 0 Å². The van der Waals surface area contributed by atoms with Crippen LogP contribution in [-0.2, 0) is 23.8 Å². The summed E-state index contributed by atoms with van der Waals surface area (Å²) in [6.45, 7) is 6.68. The van der Waals surface area contributed by atoms with Gasteiger partial charge in [-0.05, 0) is 97.1 Å². The van der Waals surface area contributed by atoms with Gasteiger partial charge in [0.2, 0.25) is 5.91 Å². The minimum absolute atomic E-state index is 0.0307. The van der Waals surface area contributed by atoms with E-state index >= 15 is 0 Å². The Bertz CT molecular complexity index is 1280. The van der Waals surface area contributed by atoms with E-state index in [1.54, 1.807) is 4.90 Å². The molecule has 0 radical (unpaired) electrons. The van der Waals surface area contributed by atoms with Crippen molar-refractivity contribution in [1.29, 1.82) is 0 Å². The fourth-order valence-corrected chi connectivity index (χ4v) is 10.2. The third-order valence-corrected chi connectivity index (χ3v) is 13.2. The van der Waals surface area contributed by atoms with Crippen molar-refractivity contribution in [3.8, 4) is 0 Å². The Labute approximate surface area is 344 Å². The minimum atomic E-state index is -0.886. The van der Waals surface area contributed by atoms with Gasteiger partial charge >= 0.3 is 5.97 Å². The van der Waals surface area contributed by atoms with Crippen LogP contribution in [0.3, 0.4) is 0 Å². The van der Waals surface area contributed by atoms with Crippen molar-refractivity contribution in [2.75, 3.05) is 32.8 Å². The summed E-state index contributed by atoms with van der Waals surface area (Å²) in [7, 11) is 0. The number of unbranched alkanes of at least 4 members (excludes halogenated alkanes) is 12. The molecule has 2 spiro atoms. The molecule has 57 heavy (non-hydrogen) atoms. The molecule has 326 valence electrons. The van der Waals surface area contributed by atoms with Crippen molar-refractivity contribution in [1.82, 2.24) is 15.1 Å². The number of aliphatic imine (C=N–C) groups is 1. The molecule has 6 N–H and O–H groups in total. The molecule has 5 aliphatic rings. The van der Waals surface area contributed by atoms with Crippen molar-refractivity contribution in [3.05, 3.63) is 12.2 Å². The van der Waals surface area contributed by atoms with Crippen molar-refractivity contribution >= 4 is 17.8 Å². The van der Waals surface area contributed by atoms with Gasteiger partial charge in [0, 0.05) is 32.0 Å². The number of nitrogens with one attached hydrogen (secondary N) is 1. The molecule has 0 saturated carbocycles. The molecule has 5 heterocycles. The molecule has 1 unspecified atom stereocenters. The number of aliphatic hydroxyl groups excluding tert-OH is 1. The van der Waals surface area contributed by atoms with Crippen molar-refractivity contribution < 1.29 is 28.9 Å². The monoisotopic (exact) mass is 801 g/mol. The van der Waals surface area contributed by atoms with E-state index in [9.17, 15) is 14.7 Å². The number of allylic oxidation sites excluding steroid dienone is 1. The first-order valence-corrected chi connectivity index (χ1v) is 23.4. The van der Waals surface area contributed by atoms with E-state index in [2.05, 4.69) is 36.2 Å².